The number of carbonyl (C=O) groups is 1. The minimum absolute atomic E-state index is 0.0983. The molecule has 1 aromatic carbocycles. The van der Waals surface area contributed by atoms with Gasteiger partial charge in [-0.1, -0.05) is 36.4 Å². The number of carbonyl (C=O) groups excluding carboxylic acids is 1. The van der Waals surface area contributed by atoms with Crippen LogP contribution in [-0.2, 0) is 14.9 Å². The first-order valence-corrected chi connectivity index (χ1v) is 6.85. The predicted octanol–water partition coefficient (Wildman–Crippen LogP) is 2.04. The highest BCUT2D eigenvalue weighted by atomic mass is 16.5. The molecule has 100 valence electrons. The van der Waals surface area contributed by atoms with Gasteiger partial charge in [0.25, 0.3) is 0 Å². The normalized spacial score (nSPS) is 32.3. The van der Waals surface area contributed by atoms with E-state index in [9.17, 15) is 4.79 Å². The molecule has 0 aromatic heterocycles. The van der Waals surface area contributed by atoms with E-state index in [1.54, 1.807) is 6.08 Å². The van der Waals surface area contributed by atoms with E-state index < -0.39 is 0 Å². The number of rotatable bonds is 4. The molecule has 0 radical (unpaired) electrons. The van der Waals surface area contributed by atoms with Gasteiger partial charge in [-0.2, -0.15) is 0 Å². The highest BCUT2D eigenvalue weighted by molar-refractivity contribution is 5.82. The van der Waals surface area contributed by atoms with E-state index in [1.165, 1.54) is 5.56 Å². The molecule has 1 aromatic rings. The molecule has 1 saturated heterocycles. The van der Waals surface area contributed by atoms with E-state index in [-0.39, 0.29) is 16.8 Å². The Morgan fingerprint density at radius 3 is 2.89 bits per heavy atom. The number of esters is 1. The van der Waals surface area contributed by atoms with Gasteiger partial charge in [0.15, 0.2) is 0 Å². The molecule has 0 bridgehead atoms. The first-order valence-electron chi connectivity index (χ1n) is 6.85. The molecule has 0 amide bonds. The number of ether oxygens (including phenoxy) is 1. The lowest BCUT2D eigenvalue weighted by atomic mass is 9.88. The number of fused-ring (bicyclic) bond motifs is 1. The van der Waals surface area contributed by atoms with Crippen LogP contribution in [0.25, 0.3) is 0 Å². The first kappa shape index (κ1) is 12.4. The fourth-order valence-electron chi connectivity index (χ4n) is 3.41. The van der Waals surface area contributed by atoms with Gasteiger partial charge in [-0.05, 0) is 18.9 Å². The van der Waals surface area contributed by atoms with Crippen LogP contribution >= 0.6 is 0 Å². The second kappa shape index (κ2) is 4.49. The summed E-state index contributed by atoms with van der Waals surface area (Å²) in [6, 6.07) is 10.6. The van der Waals surface area contributed by atoms with Gasteiger partial charge in [-0.25, -0.2) is 4.79 Å². The molecule has 2 aliphatic rings. The third-order valence-corrected chi connectivity index (χ3v) is 4.46. The summed E-state index contributed by atoms with van der Waals surface area (Å²) in [7, 11) is 0. The van der Waals surface area contributed by atoms with Gasteiger partial charge in [-0.3, -0.25) is 0 Å². The molecule has 1 N–H and O–H groups in total. The molecule has 1 saturated carbocycles. The molecule has 2 fully saturated rings. The van der Waals surface area contributed by atoms with Crippen LogP contribution in [0.15, 0.2) is 42.5 Å². The maximum absolute atomic E-state index is 11.5. The minimum atomic E-state index is -0.238. The molecule has 3 nitrogen and oxygen atoms in total. The van der Waals surface area contributed by atoms with E-state index in [2.05, 4.69) is 35.7 Å². The van der Waals surface area contributed by atoms with Crippen molar-refractivity contribution in [2.45, 2.75) is 18.8 Å². The molecule has 3 rings (SSSR count). The van der Waals surface area contributed by atoms with Crippen LogP contribution in [0.3, 0.4) is 0 Å². The van der Waals surface area contributed by atoms with Crippen molar-refractivity contribution in [3.63, 3.8) is 0 Å². The largest absolute Gasteiger partial charge is 0.463 e. The zero-order valence-electron chi connectivity index (χ0n) is 11.2. The van der Waals surface area contributed by atoms with Crippen molar-refractivity contribution >= 4 is 5.97 Å². The Kier molecular flexibility index (Phi) is 2.94. The van der Waals surface area contributed by atoms with E-state index >= 15 is 0 Å². The van der Waals surface area contributed by atoms with Gasteiger partial charge in [0, 0.05) is 30.0 Å². The molecular formula is C16H19NO2. The van der Waals surface area contributed by atoms with E-state index in [1.807, 2.05) is 13.0 Å². The Balaban J connectivity index is 1.81. The van der Waals surface area contributed by atoms with Crippen LogP contribution in [0.4, 0.5) is 0 Å². The standard InChI is InChI=1S/C16H19NO2/c1-2-19-14(18)8-9-15-10-16(15,12-17-11-15)13-6-4-3-5-7-13/h3-9,17H,2,10-12H2,1H3/b9-8+. The summed E-state index contributed by atoms with van der Waals surface area (Å²) in [5.74, 6) is -0.238. The Hall–Kier alpha value is -1.61. The lowest BCUT2D eigenvalue weighted by Gasteiger charge is -2.14. The molecule has 3 heteroatoms. The molecule has 1 heterocycles. The highest BCUT2D eigenvalue weighted by Gasteiger charge is 2.69. The molecule has 1 aliphatic carbocycles. The smallest absolute Gasteiger partial charge is 0.330 e. The summed E-state index contributed by atoms with van der Waals surface area (Å²) < 4.78 is 4.96. The third kappa shape index (κ3) is 1.89. The zero-order valence-corrected chi connectivity index (χ0v) is 11.2. The number of piperidine rings is 1. The van der Waals surface area contributed by atoms with Crippen molar-refractivity contribution in [1.29, 1.82) is 0 Å². The fraction of sp³-hybridized carbons (Fsp3) is 0.438. The number of nitrogens with one attached hydrogen (secondary N) is 1. The van der Waals surface area contributed by atoms with Crippen LogP contribution in [0, 0.1) is 5.41 Å². The Morgan fingerprint density at radius 2 is 2.16 bits per heavy atom. The van der Waals surface area contributed by atoms with Crippen molar-refractivity contribution in [3.8, 4) is 0 Å². The Labute approximate surface area is 113 Å². The average molecular weight is 257 g/mol. The second-order valence-electron chi connectivity index (χ2n) is 5.47. The van der Waals surface area contributed by atoms with E-state index in [0.29, 0.717) is 6.61 Å². The van der Waals surface area contributed by atoms with Crippen molar-refractivity contribution in [3.05, 3.63) is 48.0 Å². The maximum atomic E-state index is 11.5. The van der Waals surface area contributed by atoms with Gasteiger partial charge in [0.2, 0.25) is 0 Å². The van der Waals surface area contributed by atoms with Crippen molar-refractivity contribution < 1.29 is 9.53 Å². The third-order valence-electron chi connectivity index (χ3n) is 4.46. The van der Waals surface area contributed by atoms with Crippen LogP contribution in [-0.4, -0.2) is 25.7 Å². The topological polar surface area (TPSA) is 38.3 Å². The number of hydrogen-bond donors (Lipinski definition) is 1. The summed E-state index contributed by atoms with van der Waals surface area (Å²) in [6.07, 6.45) is 4.77. The van der Waals surface area contributed by atoms with Crippen molar-refractivity contribution in [2.24, 2.45) is 5.41 Å². The molecule has 1 aliphatic heterocycles. The van der Waals surface area contributed by atoms with Gasteiger partial charge >= 0.3 is 5.97 Å². The monoisotopic (exact) mass is 257 g/mol. The average Bonchev–Trinajstić information content (AvgIpc) is 2.95. The lowest BCUT2D eigenvalue weighted by molar-refractivity contribution is -0.137. The zero-order chi connectivity index (χ0) is 13.3. The molecule has 0 spiro atoms. The Morgan fingerprint density at radius 1 is 1.37 bits per heavy atom. The number of hydrogen-bond acceptors (Lipinski definition) is 3. The SMILES string of the molecule is CCOC(=O)/C=C/C12CNCC1(c1ccccc1)C2. The van der Waals surface area contributed by atoms with Gasteiger partial charge in [0.1, 0.15) is 0 Å². The highest BCUT2D eigenvalue weighted by Crippen LogP contribution is 2.67. The fourth-order valence-corrected chi connectivity index (χ4v) is 3.41. The molecular weight excluding hydrogens is 238 g/mol. The first-order chi connectivity index (χ1) is 9.22. The van der Waals surface area contributed by atoms with E-state index in [4.69, 9.17) is 4.74 Å². The summed E-state index contributed by atoms with van der Waals surface area (Å²) in [4.78, 5) is 11.5. The number of benzene rings is 1. The molecule has 2 atom stereocenters. The quantitative estimate of drug-likeness (QED) is 0.662. The van der Waals surface area contributed by atoms with E-state index in [0.717, 1.165) is 19.5 Å². The van der Waals surface area contributed by atoms with Crippen LogP contribution in [0.5, 0.6) is 0 Å². The summed E-state index contributed by atoms with van der Waals surface area (Å²) in [5, 5.41) is 3.45. The van der Waals surface area contributed by atoms with Crippen molar-refractivity contribution in [2.75, 3.05) is 19.7 Å². The molecule has 19 heavy (non-hydrogen) atoms. The van der Waals surface area contributed by atoms with Crippen LogP contribution in [0.2, 0.25) is 0 Å². The van der Waals surface area contributed by atoms with Crippen molar-refractivity contribution in [1.82, 2.24) is 5.32 Å². The minimum Gasteiger partial charge on any atom is -0.463 e. The summed E-state index contributed by atoms with van der Waals surface area (Å²) in [6.45, 7) is 4.19. The van der Waals surface area contributed by atoms with Gasteiger partial charge < -0.3 is 10.1 Å². The summed E-state index contributed by atoms with van der Waals surface area (Å²) >= 11 is 0. The van der Waals surface area contributed by atoms with Gasteiger partial charge in [0.05, 0.1) is 6.61 Å². The second-order valence-corrected chi connectivity index (χ2v) is 5.47. The lowest BCUT2D eigenvalue weighted by Crippen LogP contribution is -2.19. The van der Waals surface area contributed by atoms with Crippen LogP contribution in [0.1, 0.15) is 18.9 Å². The molecule has 2 unspecified atom stereocenters. The summed E-state index contributed by atoms with van der Waals surface area (Å²) in [5.41, 5.74) is 1.65. The maximum Gasteiger partial charge on any atom is 0.330 e. The van der Waals surface area contributed by atoms with Crippen LogP contribution < -0.4 is 5.32 Å². The Bertz CT molecular complexity index is 511. The predicted molar refractivity (Wildman–Crippen MR) is 73.8 cm³/mol. The van der Waals surface area contributed by atoms with Gasteiger partial charge in [-0.15, -0.1) is 0 Å².